The Bertz CT molecular complexity index is 2260. The zero-order valence-electron chi connectivity index (χ0n) is 25.2. The maximum atomic E-state index is 13.7. The van der Waals surface area contributed by atoms with Crippen molar-refractivity contribution in [2.45, 2.75) is 13.5 Å². The number of nitro groups is 1. The lowest BCUT2D eigenvalue weighted by molar-refractivity contribution is -0.386. The Balaban J connectivity index is 1.30. The van der Waals surface area contributed by atoms with Crippen LogP contribution in [0.3, 0.4) is 0 Å². The number of ether oxygens (including phenoxy) is 5. The molecule has 0 bridgehead atoms. The van der Waals surface area contributed by atoms with Crippen LogP contribution >= 0.6 is 0 Å². The minimum Gasteiger partial charge on any atom is -0.496 e. The van der Waals surface area contributed by atoms with Crippen molar-refractivity contribution >= 4 is 33.8 Å². The minimum absolute atomic E-state index is 0.00872. The molecule has 3 heterocycles. The SMILES string of the molecule is CCOc1cc(C=Nn2c(-c3cc4c(OC)cccc4o3)nc3ccccc3c2=O)cc([N+](=O)[O-])c1OCc1ccc2c(c1)OCO2. The first-order valence-corrected chi connectivity index (χ1v) is 14.5. The Labute approximate surface area is 266 Å². The summed E-state index contributed by atoms with van der Waals surface area (Å²) in [7, 11) is 1.55. The zero-order chi connectivity index (χ0) is 32.5. The van der Waals surface area contributed by atoms with Gasteiger partial charge in [0.05, 0.1) is 41.1 Å². The van der Waals surface area contributed by atoms with Gasteiger partial charge in [0.25, 0.3) is 5.56 Å². The molecule has 4 aromatic carbocycles. The summed E-state index contributed by atoms with van der Waals surface area (Å²) in [6, 6.07) is 22.1. The minimum atomic E-state index is -0.564. The fraction of sp³-hybridized carbons (Fsp3) is 0.147. The third-order valence-electron chi connectivity index (χ3n) is 7.41. The van der Waals surface area contributed by atoms with E-state index in [1.165, 1.54) is 12.3 Å². The van der Waals surface area contributed by atoms with Gasteiger partial charge in [-0.25, -0.2) is 4.98 Å². The molecular weight excluding hydrogens is 608 g/mol. The molecule has 0 atom stereocenters. The monoisotopic (exact) mass is 634 g/mol. The first-order chi connectivity index (χ1) is 22.9. The molecule has 0 saturated carbocycles. The van der Waals surface area contributed by atoms with Crippen LogP contribution in [0.2, 0.25) is 0 Å². The van der Waals surface area contributed by atoms with Crippen LogP contribution < -0.4 is 29.2 Å². The Morgan fingerprint density at radius 3 is 2.66 bits per heavy atom. The summed E-state index contributed by atoms with van der Waals surface area (Å²) in [6.07, 6.45) is 1.32. The molecule has 0 radical (unpaired) electrons. The molecule has 0 saturated heterocycles. The molecule has 0 unspecified atom stereocenters. The van der Waals surface area contributed by atoms with Gasteiger partial charge < -0.3 is 28.1 Å². The molecule has 7 rings (SSSR count). The van der Waals surface area contributed by atoms with Crippen molar-refractivity contribution in [1.29, 1.82) is 0 Å². The molecule has 0 fully saturated rings. The van der Waals surface area contributed by atoms with E-state index >= 15 is 0 Å². The molecule has 0 N–H and O–H groups in total. The fourth-order valence-electron chi connectivity index (χ4n) is 5.25. The number of nitro benzene ring substituents is 1. The second kappa shape index (κ2) is 12.2. The van der Waals surface area contributed by atoms with Crippen LogP contribution in [0.15, 0.2) is 93.2 Å². The summed E-state index contributed by atoms with van der Waals surface area (Å²) in [5.74, 6) is 2.26. The van der Waals surface area contributed by atoms with E-state index < -0.39 is 10.5 Å². The molecular formula is C34H26N4O9. The predicted octanol–water partition coefficient (Wildman–Crippen LogP) is 6.32. The van der Waals surface area contributed by atoms with Gasteiger partial charge >= 0.3 is 5.69 Å². The number of fused-ring (bicyclic) bond motifs is 3. The number of benzene rings is 4. The van der Waals surface area contributed by atoms with Gasteiger partial charge in [0.2, 0.25) is 18.4 Å². The smallest absolute Gasteiger partial charge is 0.315 e. The number of hydrogen-bond acceptors (Lipinski definition) is 11. The molecule has 0 amide bonds. The van der Waals surface area contributed by atoms with Gasteiger partial charge in [-0.15, -0.1) is 0 Å². The van der Waals surface area contributed by atoms with E-state index in [0.29, 0.717) is 39.1 Å². The summed E-state index contributed by atoms with van der Waals surface area (Å²) < 4.78 is 35.1. The van der Waals surface area contributed by atoms with Crippen LogP contribution in [-0.2, 0) is 6.61 Å². The highest BCUT2D eigenvalue weighted by atomic mass is 16.7. The van der Waals surface area contributed by atoms with Crippen LogP contribution in [-0.4, -0.2) is 41.3 Å². The van der Waals surface area contributed by atoms with E-state index in [0.717, 1.165) is 10.2 Å². The van der Waals surface area contributed by atoms with Crippen LogP contribution in [0.25, 0.3) is 33.5 Å². The van der Waals surface area contributed by atoms with E-state index in [-0.39, 0.29) is 54.3 Å². The lowest BCUT2D eigenvalue weighted by Gasteiger charge is -2.13. The van der Waals surface area contributed by atoms with Crippen molar-refractivity contribution in [2.24, 2.45) is 5.10 Å². The van der Waals surface area contributed by atoms with E-state index in [1.54, 1.807) is 86.8 Å². The maximum Gasteiger partial charge on any atom is 0.315 e. The van der Waals surface area contributed by atoms with Crippen LogP contribution in [0.5, 0.6) is 28.7 Å². The van der Waals surface area contributed by atoms with Crippen molar-refractivity contribution < 1.29 is 33.0 Å². The Morgan fingerprint density at radius 2 is 1.83 bits per heavy atom. The number of hydrogen-bond donors (Lipinski definition) is 0. The fourth-order valence-corrected chi connectivity index (χ4v) is 5.25. The lowest BCUT2D eigenvalue weighted by atomic mass is 10.1. The van der Waals surface area contributed by atoms with Crippen LogP contribution in [0, 0.1) is 10.1 Å². The molecule has 0 aliphatic carbocycles. The summed E-state index contributed by atoms with van der Waals surface area (Å²) >= 11 is 0. The quantitative estimate of drug-likeness (QED) is 0.0952. The summed E-state index contributed by atoms with van der Waals surface area (Å²) in [6.45, 7) is 2.10. The average molecular weight is 635 g/mol. The van der Waals surface area contributed by atoms with E-state index in [1.807, 2.05) is 0 Å². The second-order valence-corrected chi connectivity index (χ2v) is 10.3. The Morgan fingerprint density at radius 1 is 0.979 bits per heavy atom. The number of furan rings is 1. The number of para-hydroxylation sites is 1. The molecule has 13 heteroatoms. The van der Waals surface area contributed by atoms with E-state index in [2.05, 4.69) is 5.10 Å². The van der Waals surface area contributed by atoms with Gasteiger partial charge in [-0.1, -0.05) is 24.3 Å². The summed E-state index contributed by atoms with van der Waals surface area (Å²) in [5, 5.41) is 17.7. The third-order valence-corrected chi connectivity index (χ3v) is 7.41. The third kappa shape index (κ3) is 5.54. The van der Waals surface area contributed by atoms with Crippen LogP contribution in [0.4, 0.5) is 5.69 Å². The topological polar surface area (TPSA) is 150 Å². The van der Waals surface area contributed by atoms with Gasteiger partial charge in [0, 0.05) is 11.6 Å². The van der Waals surface area contributed by atoms with E-state index in [9.17, 15) is 14.9 Å². The molecule has 13 nitrogen and oxygen atoms in total. The number of nitrogens with zero attached hydrogens (tertiary/aromatic N) is 4. The standard InChI is InChI=1S/C34H26N4O9/c1-3-43-30-15-21(13-25(38(40)41)32(30)44-18-20-11-12-28-29(14-20)46-19-45-28)17-35-37-33(36-24-8-5-4-7-22(24)34(37)39)31-16-23-26(42-2)9-6-10-27(23)47-31/h4-17H,3,18-19H2,1-2H3. The number of rotatable bonds is 10. The number of aromatic nitrogens is 2. The molecule has 236 valence electrons. The first kappa shape index (κ1) is 29.3. The predicted molar refractivity (Wildman–Crippen MR) is 172 cm³/mol. The van der Waals surface area contributed by atoms with Gasteiger partial charge in [0.15, 0.2) is 23.0 Å². The van der Waals surface area contributed by atoms with Crippen molar-refractivity contribution in [3.63, 3.8) is 0 Å². The molecule has 0 spiro atoms. The largest absolute Gasteiger partial charge is 0.496 e. The molecule has 1 aliphatic heterocycles. The highest BCUT2D eigenvalue weighted by Crippen LogP contribution is 2.40. The molecule has 1 aliphatic rings. The highest BCUT2D eigenvalue weighted by Gasteiger charge is 2.24. The summed E-state index contributed by atoms with van der Waals surface area (Å²) in [5.41, 5.74) is 1.18. The lowest BCUT2D eigenvalue weighted by Crippen LogP contribution is -2.20. The highest BCUT2D eigenvalue weighted by molar-refractivity contribution is 5.89. The van der Waals surface area contributed by atoms with Gasteiger partial charge in [-0.2, -0.15) is 9.78 Å². The normalized spacial score (nSPS) is 12.2. The van der Waals surface area contributed by atoms with Crippen molar-refractivity contribution in [1.82, 2.24) is 9.66 Å². The second-order valence-electron chi connectivity index (χ2n) is 10.3. The average Bonchev–Trinajstić information content (AvgIpc) is 3.74. The van der Waals surface area contributed by atoms with Crippen molar-refractivity contribution in [3.05, 3.63) is 110 Å². The molecule has 47 heavy (non-hydrogen) atoms. The van der Waals surface area contributed by atoms with E-state index in [4.69, 9.17) is 33.1 Å². The van der Waals surface area contributed by atoms with Gasteiger partial charge in [0.1, 0.15) is 17.9 Å². The van der Waals surface area contributed by atoms with Crippen LogP contribution in [0.1, 0.15) is 18.1 Å². The Hall–Kier alpha value is -6.37. The number of methoxy groups -OCH3 is 1. The Kier molecular flexibility index (Phi) is 7.62. The van der Waals surface area contributed by atoms with Gasteiger partial charge in [-0.05, 0) is 61.0 Å². The zero-order valence-corrected chi connectivity index (χ0v) is 25.2. The van der Waals surface area contributed by atoms with Gasteiger partial charge in [-0.3, -0.25) is 14.9 Å². The molecule has 6 aromatic rings. The van der Waals surface area contributed by atoms with Crippen molar-refractivity contribution in [3.8, 4) is 40.3 Å². The summed E-state index contributed by atoms with van der Waals surface area (Å²) in [4.78, 5) is 30.1. The maximum absolute atomic E-state index is 13.7. The molecule has 2 aromatic heterocycles. The first-order valence-electron chi connectivity index (χ1n) is 14.5. The van der Waals surface area contributed by atoms with Crippen molar-refractivity contribution in [2.75, 3.05) is 20.5 Å².